The summed E-state index contributed by atoms with van der Waals surface area (Å²) in [6, 6.07) is 0.321. The number of aromatic nitrogens is 1. The third-order valence-corrected chi connectivity index (χ3v) is 4.93. The highest BCUT2D eigenvalue weighted by Gasteiger charge is 2.42. The fourth-order valence-corrected chi connectivity index (χ4v) is 3.92. The molecule has 21 heavy (non-hydrogen) atoms. The molecular formula is C14H19N3O3S. The second-order valence-corrected chi connectivity index (χ2v) is 6.59. The SMILES string of the molecule is O=C(CCC(=O)N1[C@@H]2CC[C@H]1CC(O)C2)Nc1nccs1. The summed E-state index contributed by atoms with van der Waals surface area (Å²) >= 11 is 1.36. The molecule has 6 nitrogen and oxygen atoms in total. The van der Waals surface area contributed by atoms with E-state index in [1.807, 2.05) is 4.90 Å². The van der Waals surface area contributed by atoms with Gasteiger partial charge in [0, 0.05) is 36.5 Å². The molecule has 2 bridgehead atoms. The van der Waals surface area contributed by atoms with Crippen molar-refractivity contribution in [1.29, 1.82) is 0 Å². The molecular weight excluding hydrogens is 290 g/mol. The van der Waals surface area contributed by atoms with Crippen LogP contribution >= 0.6 is 11.3 Å². The number of aliphatic hydroxyl groups excluding tert-OH is 1. The second kappa shape index (κ2) is 6.11. The Morgan fingerprint density at radius 1 is 1.33 bits per heavy atom. The van der Waals surface area contributed by atoms with E-state index < -0.39 is 0 Å². The van der Waals surface area contributed by atoms with Crippen LogP contribution in [-0.4, -0.2) is 45.0 Å². The van der Waals surface area contributed by atoms with Crippen molar-refractivity contribution in [2.45, 2.75) is 56.7 Å². The van der Waals surface area contributed by atoms with E-state index in [0.717, 1.165) is 12.8 Å². The molecule has 0 radical (unpaired) electrons. The third kappa shape index (κ3) is 3.24. The number of aliphatic hydroxyl groups is 1. The summed E-state index contributed by atoms with van der Waals surface area (Å²) < 4.78 is 0. The summed E-state index contributed by atoms with van der Waals surface area (Å²) in [4.78, 5) is 30.0. The van der Waals surface area contributed by atoms with Gasteiger partial charge >= 0.3 is 0 Å². The zero-order valence-electron chi connectivity index (χ0n) is 11.7. The van der Waals surface area contributed by atoms with Crippen LogP contribution in [0.25, 0.3) is 0 Å². The number of nitrogens with zero attached hydrogens (tertiary/aromatic N) is 2. The second-order valence-electron chi connectivity index (χ2n) is 5.70. The number of fused-ring (bicyclic) bond motifs is 2. The standard InChI is InChI=1S/C14H19N3O3S/c18-11-7-9-1-2-10(8-11)17(9)13(20)4-3-12(19)16-14-15-5-6-21-14/h5-6,9-11,18H,1-4,7-8H2,(H,15,16,19)/t9-,10+,11?. The number of amides is 2. The zero-order chi connectivity index (χ0) is 14.8. The molecule has 2 aliphatic rings. The van der Waals surface area contributed by atoms with Crippen LogP contribution in [0.5, 0.6) is 0 Å². The van der Waals surface area contributed by atoms with E-state index in [4.69, 9.17) is 0 Å². The lowest BCUT2D eigenvalue weighted by Gasteiger charge is -2.37. The van der Waals surface area contributed by atoms with Crippen molar-refractivity contribution in [3.05, 3.63) is 11.6 Å². The lowest BCUT2D eigenvalue weighted by molar-refractivity contribution is -0.138. The minimum absolute atomic E-state index is 0.0312. The monoisotopic (exact) mass is 309 g/mol. The van der Waals surface area contributed by atoms with Gasteiger partial charge in [-0.1, -0.05) is 0 Å². The lowest BCUT2D eigenvalue weighted by atomic mass is 9.99. The minimum atomic E-state index is -0.278. The summed E-state index contributed by atoms with van der Waals surface area (Å²) in [5.74, 6) is -0.147. The first-order valence-corrected chi connectivity index (χ1v) is 8.20. The van der Waals surface area contributed by atoms with Gasteiger partial charge in [-0.05, 0) is 25.7 Å². The summed E-state index contributed by atoms with van der Waals surface area (Å²) in [6.45, 7) is 0. The molecule has 7 heteroatoms. The molecule has 1 aromatic heterocycles. The maximum atomic E-state index is 12.3. The predicted molar refractivity (Wildman–Crippen MR) is 78.9 cm³/mol. The summed E-state index contributed by atoms with van der Waals surface area (Å²) in [5, 5.41) is 14.8. The highest BCUT2D eigenvalue weighted by molar-refractivity contribution is 7.13. The van der Waals surface area contributed by atoms with E-state index in [1.54, 1.807) is 11.6 Å². The van der Waals surface area contributed by atoms with Crippen molar-refractivity contribution >= 4 is 28.3 Å². The van der Waals surface area contributed by atoms with Crippen LogP contribution in [0.1, 0.15) is 38.5 Å². The number of piperidine rings is 1. The van der Waals surface area contributed by atoms with Crippen molar-refractivity contribution in [3.63, 3.8) is 0 Å². The van der Waals surface area contributed by atoms with Gasteiger partial charge in [-0.25, -0.2) is 4.98 Å². The van der Waals surface area contributed by atoms with Gasteiger partial charge < -0.3 is 15.3 Å². The van der Waals surface area contributed by atoms with Crippen LogP contribution in [-0.2, 0) is 9.59 Å². The normalized spacial score (nSPS) is 27.7. The summed E-state index contributed by atoms with van der Waals surface area (Å²) in [6.07, 6.45) is 5.04. The van der Waals surface area contributed by atoms with Gasteiger partial charge in [-0.2, -0.15) is 0 Å². The first-order valence-electron chi connectivity index (χ1n) is 7.32. The fourth-order valence-electron chi connectivity index (χ4n) is 3.37. The summed E-state index contributed by atoms with van der Waals surface area (Å²) in [7, 11) is 0. The molecule has 3 rings (SSSR count). The minimum Gasteiger partial charge on any atom is -0.393 e. The Hall–Kier alpha value is -1.47. The van der Waals surface area contributed by atoms with Crippen molar-refractivity contribution in [2.24, 2.45) is 0 Å². The highest BCUT2D eigenvalue weighted by Crippen LogP contribution is 2.36. The van der Waals surface area contributed by atoms with Gasteiger partial charge in [-0.15, -0.1) is 11.3 Å². The van der Waals surface area contributed by atoms with E-state index >= 15 is 0 Å². The van der Waals surface area contributed by atoms with E-state index in [1.165, 1.54) is 11.3 Å². The Bertz CT molecular complexity index is 506. The number of hydrogen-bond acceptors (Lipinski definition) is 5. The van der Waals surface area contributed by atoms with Crippen molar-refractivity contribution in [2.75, 3.05) is 5.32 Å². The molecule has 1 aromatic rings. The zero-order valence-corrected chi connectivity index (χ0v) is 12.5. The largest absolute Gasteiger partial charge is 0.393 e. The maximum Gasteiger partial charge on any atom is 0.226 e. The van der Waals surface area contributed by atoms with E-state index in [-0.39, 0.29) is 42.8 Å². The molecule has 0 aliphatic carbocycles. The van der Waals surface area contributed by atoms with Crippen LogP contribution in [0.4, 0.5) is 5.13 Å². The molecule has 114 valence electrons. The van der Waals surface area contributed by atoms with Gasteiger partial charge in [-0.3, -0.25) is 9.59 Å². The van der Waals surface area contributed by atoms with Gasteiger partial charge in [0.15, 0.2) is 5.13 Å². The first kappa shape index (κ1) is 14.5. The number of nitrogens with one attached hydrogen (secondary N) is 1. The molecule has 2 saturated heterocycles. The number of thiazole rings is 1. The van der Waals surface area contributed by atoms with Crippen LogP contribution in [0.15, 0.2) is 11.6 Å². The van der Waals surface area contributed by atoms with Crippen molar-refractivity contribution < 1.29 is 14.7 Å². The van der Waals surface area contributed by atoms with Crippen LogP contribution in [0.2, 0.25) is 0 Å². The van der Waals surface area contributed by atoms with E-state index in [9.17, 15) is 14.7 Å². The molecule has 2 fully saturated rings. The average Bonchev–Trinajstić information content (AvgIpc) is 3.03. The smallest absolute Gasteiger partial charge is 0.226 e. The van der Waals surface area contributed by atoms with E-state index in [2.05, 4.69) is 10.3 Å². The van der Waals surface area contributed by atoms with Crippen molar-refractivity contribution in [3.8, 4) is 0 Å². The van der Waals surface area contributed by atoms with Gasteiger partial charge in [0.05, 0.1) is 6.10 Å². The topological polar surface area (TPSA) is 82.5 Å². The lowest BCUT2D eigenvalue weighted by Crippen LogP contribution is -2.48. The van der Waals surface area contributed by atoms with Crippen molar-refractivity contribution in [1.82, 2.24) is 9.88 Å². The van der Waals surface area contributed by atoms with Crippen LogP contribution < -0.4 is 5.32 Å². The quantitative estimate of drug-likeness (QED) is 0.880. The molecule has 3 atom stereocenters. The number of carbonyl (C=O) groups is 2. The highest BCUT2D eigenvalue weighted by atomic mass is 32.1. The molecule has 1 unspecified atom stereocenters. The van der Waals surface area contributed by atoms with Crippen LogP contribution in [0, 0.1) is 0 Å². The Labute approximate surface area is 127 Å². The van der Waals surface area contributed by atoms with E-state index in [0.29, 0.717) is 18.0 Å². The molecule has 0 spiro atoms. The van der Waals surface area contributed by atoms with Gasteiger partial charge in [0.25, 0.3) is 0 Å². The Morgan fingerprint density at radius 3 is 2.67 bits per heavy atom. The Balaban J connectivity index is 1.49. The Morgan fingerprint density at radius 2 is 2.05 bits per heavy atom. The number of rotatable bonds is 4. The van der Waals surface area contributed by atoms with Gasteiger partial charge in [0.1, 0.15) is 0 Å². The molecule has 3 heterocycles. The maximum absolute atomic E-state index is 12.3. The third-order valence-electron chi connectivity index (χ3n) is 4.24. The molecule has 2 amide bonds. The molecule has 2 N–H and O–H groups in total. The van der Waals surface area contributed by atoms with Gasteiger partial charge in [0.2, 0.25) is 11.8 Å². The predicted octanol–water partition coefficient (Wildman–Crippen LogP) is 1.38. The fraction of sp³-hybridized carbons (Fsp3) is 0.643. The summed E-state index contributed by atoms with van der Waals surface area (Å²) in [5.41, 5.74) is 0. The average molecular weight is 309 g/mol. The Kier molecular flexibility index (Phi) is 4.21. The molecule has 0 aromatic carbocycles. The number of anilines is 1. The first-order chi connectivity index (χ1) is 10.1. The molecule has 2 aliphatic heterocycles. The van der Waals surface area contributed by atoms with Crippen LogP contribution in [0.3, 0.4) is 0 Å². The number of hydrogen-bond donors (Lipinski definition) is 2. The number of carbonyl (C=O) groups excluding carboxylic acids is 2. The molecule has 0 saturated carbocycles.